The molecule has 0 saturated carbocycles. The van der Waals surface area contributed by atoms with Gasteiger partial charge in [0.1, 0.15) is 17.9 Å². The fraction of sp³-hybridized carbons (Fsp3) is 0.364. The third kappa shape index (κ3) is 4.88. The highest BCUT2D eigenvalue weighted by molar-refractivity contribution is 5.94. The number of rotatable bonds is 6. The van der Waals surface area contributed by atoms with Gasteiger partial charge in [0, 0.05) is 37.6 Å². The Morgan fingerprint density at radius 2 is 1.97 bits per heavy atom. The molecular weight excluding hydrogens is 430 g/mol. The summed E-state index contributed by atoms with van der Waals surface area (Å²) in [4.78, 5) is 15.3. The molecule has 3 atom stereocenters. The first-order chi connectivity index (χ1) is 15.7. The molecule has 0 radical (unpaired) electrons. The van der Waals surface area contributed by atoms with Crippen LogP contribution in [0.4, 0.5) is 11.4 Å². The van der Waals surface area contributed by atoms with Crippen LogP contribution < -0.4 is 15.4 Å². The number of hydrogen-bond acceptors (Lipinski definition) is 8. The zero-order chi connectivity index (χ0) is 24.2. The molecule has 0 saturated heterocycles. The maximum atomic E-state index is 11.4. The Bertz CT molecular complexity index is 1080. The van der Waals surface area contributed by atoms with E-state index >= 15 is 0 Å². The number of aliphatic hydroxyl groups excluding tert-OH is 1. The highest BCUT2D eigenvalue weighted by atomic mass is 16.7. The number of guanidine groups is 1. The number of nitrogens with one attached hydrogen (secondary N) is 2. The zero-order valence-electron chi connectivity index (χ0n) is 18.6. The van der Waals surface area contributed by atoms with Gasteiger partial charge in [0.25, 0.3) is 5.69 Å². The van der Waals surface area contributed by atoms with Gasteiger partial charge in [-0.25, -0.2) is 4.99 Å². The van der Waals surface area contributed by atoms with Crippen LogP contribution in [0, 0.1) is 28.5 Å². The average molecular weight is 455 g/mol. The molecule has 33 heavy (non-hydrogen) atoms. The number of ether oxygens (including phenoxy) is 3. The smallest absolute Gasteiger partial charge is 0.270 e. The van der Waals surface area contributed by atoms with Gasteiger partial charge in [-0.05, 0) is 32.0 Å². The Balaban J connectivity index is 2.12. The van der Waals surface area contributed by atoms with Gasteiger partial charge in [0.05, 0.1) is 4.92 Å². The molecule has 2 aromatic carbocycles. The molecule has 1 heterocycles. The van der Waals surface area contributed by atoms with Crippen LogP contribution >= 0.6 is 0 Å². The fourth-order valence-electron chi connectivity index (χ4n) is 3.71. The molecule has 0 spiro atoms. The molecule has 11 heteroatoms. The van der Waals surface area contributed by atoms with Gasteiger partial charge in [0.2, 0.25) is 5.96 Å². The lowest BCUT2D eigenvalue weighted by Crippen LogP contribution is -2.59. The Morgan fingerprint density at radius 3 is 2.55 bits per heavy atom. The van der Waals surface area contributed by atoms with Crippen LogP contribution in [0.2, 0.25) is 0 Å². The van der Waals surface area contributed by atoms with E-state index in [-0.39, 0.29) is 23.0 Å². The topological polar surface area (TPSA) is 151 Å². The minimum Gasteiger partial charge on any atom is -0.479 e. The first kappa shape index (κ1) is 23.9. The van der Waals surface area contributed by atoms with E-state index in [1.807, 2.05) is 25.2 Å². The SMILES string of the molecule is COC(OC)C1(C)Oc2ccc([N+](=O)[O-])cc2C(N=C(NC#N)Nc2ccc(C)cc2)C1O. The molecule has 3 unspecified atom stereocenters. The summed E-state index contributed by atoms with van der Waals surface area (Å²) in [5.74, 6) is 0.311. The number of aryl methyl sites for hydroxylation is 1. The maximum Gasteiger partial charge on any atom is 0.270 e. The summed E-state index contributed by atoms with van der Waals surface area (Å²) in [6.07, 6.45) is -0.526. The van der Waals surface area contributed by atoms with E-state index < -0.39 is 29.0 Å². The number of nitro benzene ring substituents is 1. The van der Waals surface area contributed by atoms with E-state index in [1.54, 1.807) is 19.1 Å². The number of aliphatic hydroxyl groups is 1. The molecule has 3 rings (SSSR count). The van der Waals surface area contributed by atoms with Crippen molar-refractivity contribution >= 4 is 17.3 Å². The van der Waals surface area contributed by atoms with E-state index in [1.165, 1.54) is 32.4 Å². The van der Waals surface area contributed by atoms with Gasteiger partial charge in [-0.15, -0.1) is 0 Å². The lowest BCUT2D eigenvalue weighted by molar-refractivity contribution is -0.385. The standard InChI is InChI=1S/C22H25N5O6/c1-13-5-7-14(8-6-13)25-21(24-12-23)26-18-16-11-15(27(29)30)9-10-17(16)33-22(2,19(18)28)20(31-3)32-4/h5-11,18-20,28H,1-4H3,(H2,24,25,26). The largest absolute Gasteiger partial charge is 0.479 e. The monoisotopic (exact) mass is 455 g/mol. The summed E-state index contributed by atoms with van der Waals surface area (Å²) in [5.41, 5.74) is 0.377. The predicted molar refractivity (Wildman–Crippen MR) is 120 cm³/mol. The number of hydrogen-bond donors (Lipinski definition) is 3. The Labute approximate surface area is 190 Å². The van der Waals surface area contributed by atoms with Crippen molar-refractivity contribution in [2.75, 3.05) is 19.5 Å². The quantitative estimate of drug-likeness (QED) is 0.113. The number of aliphatic imine (C=N–C) groups is 1. The van der Waals surface area contributed by atoms with Crippen LogP contribution in [0.15, 0.2) is 47.5 Å². The van der Waals surface area contributed by atoms with Gasteiger partial charge in [0.15, 0.2) is 18.1 Å². The maximum absolute atomic E-state index is 11.4. The van der Waals surface area contributed by atoms with Crippen LogP contribution in [-0.4, -0.2) is 48.2 Å². The number of nitro groups is 1. The normalized spacial score (nSPS) is 22.2. The summed E-state index contributed by atoms with van der Waals surface area (Å²) >= 11 is 0. The first-order valence-corrected chi connectivity index (χ1v) is 10.0. The van der Waals surface area contributed by atoms with Crippen molar-refractivity contribution in [1.82, 2.24) is 5.32 Å². The Morgan fingerprint density at radius 1 is 1.30 bits per heavy atom. The number of methoxy groups -OCH3 is 2. The number of nitrogens with zero attached hydrogens (tertiary/aromatic N) is 3. The fourth-order valence-corrected chi connectivity index (χ4v) is 3.71. The lowest BCUT2D eigenvalue weighted by Gasteiger charge is -2.45. The summed E-state index contributed by atoms with van der Waals surface area (Å²) in [6.45, 7) is 3.53. The van der Waals surface area contributed by atoms with Gasteiger partial charge >= 0.3 is 0 Å². The highest BCUT2D eigenvalue weighted by Crippen LogP contribution is 2.45. The molecule has 1 aliphatic rings. The number of fused-ring (bicyclic) bond motifs is 1. The van der Waals surface area contributed by atoms with E-state index in [4.69, 9.17) is 14.2 Å². The minimum absolute atomic E-state index is 0.0403. The van der Waals surface area contributed by atoms with Crippen LogP contribution in [0.1, 0.15) is 24.1 Å². The molecule has 0 fully saturated rings. The van der Waals surface area contributed by atoms with Crippen LogP contribution in [0.25, 0.3) is 0 Å². The van der Waals surface area contributed by atoms with Crippen LogP contribution in [0.5, 0.6) is 5.75 Å². The zero-order valence-corrected chi connectivity index (χ0v) is 18.6. The number of nitriles is 1. The second-order valence-electron chi connectivity index (χ2n) is 7.66. The van der Waals surface area contributed by atoms with E-state index in [2.05, 4.69) is 15.6 Å². The van der Waals surface area contributed by atoms with Crippen LogP contribution in [-0.2, 0) is 9.47 Å². The second kappa shape index (κ2) is 9.83. The van der Waals surface area contributed by atoms with Gasteiger partial charge in [-0.2, -0.15) is 5.26 Å². The molecule has 3 N–H and O–H groups in total. The number of anilines is 1. The van der Waals surface area contributed by atoms with Gasteiger partial charge < -0.3 is 24.6 Å². The highest BCUT2D eigenvalue weighted by Gasteiger charge is 2.52. The van der Waals surface area contributed by atoms with Gasteiger partial charge in [-0.3, -0.25) is 15.4 Å². The van der Waals surface area contributed by atoms with Crippen molar-refractivity contribution in [1.29, 1.82) is 5.26 Å². The third-order valence-corrected chi connectivity index (χ3v) is 5.39. The summed E-state index contributed by atoms with van der Waals surface area (Å²) < 4.78 is 16.7. The summed E-state index contributed by atoms with van der Waals surface area (Å²) in [7, 11) is 2.81. The van der Waals surface area contributed by atoms with Crippen molar-refractivity contribution in [2.45, 2.75) is 37.9 Å². The van der Waals surface area contributed by atoms with E-state index in [0.29, 0.717) is 5.69 Å². The molecule has 174 valence electrons. The number of benzene rings is 2. The van der Waals surface area contributed by atoms with E-state index in [0.717, 1.165) is 5.56 Å². The predicted octanol–water partition coefficient (Wildman–Crippen LogP) is 2.61. The van der Waals surface area contributed by atoms with Crippen LogP contribution in [0.3, 0.4) is 0 Å². The molecule has 0 aromatic heterocycles. The Kier molecular flexibility index (Phi) is 7.13. The number of non-ortho nitro benzene ring substituents is 1. The van der Waals surface area contributed by atoms with Gasteiger partial charge in [-0.1, -0.05) is 17.7 Å². The summed E-state index contributed by atoms with van der Waals surface area (Å²) in [6, 6.07) is 10.3. The van der Waals surface area contributed by atoms with Crippen molar-refractivity contribution in [3.63, 3.8) is 0 Å². The Hall–Kier alpha value is -3.72. The molecule has 0 aliphatic carbocycles. The first-order valence-electron chi connectivity index (χ1n) is 10.0. The molecule has 1 aliphatic heterocycles. The van der Waals surface area contributed by atoms with Crippen molar-refractivity contribution in [3.8, 4) is 11.9 Å². The minimum atomic E-state index is -1.41. The lowest BCUT2D eigenvalue weighted by atomic mass is 9.84. The molecule has 0 amide bonds. The van der Waals surface area contributed by atoms with Crippen molar-refractivity contribution in [2.24, 2.45) is 4.99 Å². The van der Waals surface area contributed by atoms with Crippen molar-refractivity contribution in [3.05, 3.63) is 63.7 Å². The summed E-state index contributed by atoms with van der Waals surface area (Å²) in [5, 5.41) is 37.4. The van der Waals surface area contributed by atoms with E-state index in [9.17, 15) is 20.5 Å². The average Bonchev–Trinajstić information content (AvgIpc) is 2.79. The third-order valence-electron chi connectivity index (χ3n) is 5.39. The molecule has 11 nitrogen and oxygen atoms in total. The molecule has 0 bridgehead atoms. The second-order valence-corrected chi connectivity index (χ2v) is 7.66. The van der Waals surface area contributed by atoms with Crippen molar-refractivity contribution < 1.29 is 24.2 Å². The molecular formula is C22H25N5O6. The molecule has 2 aromatic rings.